The second-order valence-electron chi connectivity index (χ2n) is 9.37. The summed E-state index contributed by atoms with van der Waals surface area (Å²) >= 11 is 0. The van der Waals surface area contributed by atoms with Crippen molar-refractivity contribution in [3.05, 3.63) is 126 Å². The molecule has 2 aromatic heterocycles. The molecule has 0 saturated heterocycles. The minimum Gasteiger partial charge on any atom is -0.366 e. The van der Waals surface area contributed by atoms with Crippen LogP contribution in [0.1, 0.15) is 16.7 Å². The molecule has 0 saturated carbocycles. The lowest BCUT2D eigenvalue weighted by Crippen LogP contribution is -2.00. The summed E-state index contributed by atoms with van der Waals surface area (Å²) in [6, 6.07) is 34.5. The Labute approximate surface area is 254 Å². The first-order valence-corrected chi connectivity index (χ1v) is 15.5. The van der Waals surface area contributed by atoms with Gasteiger partial charge < -0.3 is 11.1 Å². The lowest BCUT2D eigenvalue weighted by molar-refractivity contribution is 0.609. The van der Waals surface area contributed by atoms with Crippen molar-refractivity contribution < 1.29 is 8.42 Å². The number of anilines is 2. The lowest BCUT2D eigenvalue weighted by atomic mass is 10.1. The van der Waals surface area contributed by atoms with Gasteiger partial charge in [-0.25, -0.2) is 8.42 Å². The number of hydrogen-bond donors (Lipinski definition) is 4. The highest BCUT2D eigenvalue weighted by atomic mass is 35.7. The number of rotatable bonds is 6. The summed E-state index contributed by atoms with van der Waals surface area (Å²) in [5.74, 6) is 2.36. The van der Waals surface area contributed by atoms with Gasteiger partial charge in [-0.15, -0.1) is 10.2 Å². The normalized spacial score (nSPS) is 10.6. The number of H-pyrrole nitrogens is 2. The zero-order valence-corrected chi connectivity index (χ0v) is 25.1. The number of nitrogens with two attached hydrogens (primary N) is 1. The smallest absolute Gasteiger partial charge is 0.261 e. The van der Waals surface area contributed by atoms with Gasteiger partial charge in [0.2, 0.25) is 11.9 Å². The molecule has 0 spiro atoms. The van der Waals surface area contributed by atoms with Crippen LogP contribution in [0.3, 0.4) is 0 Å². The van der Waals surface area contributed by atoms with Crippen LogP contribution in [0.4, 0.5) is 11.9 Å². The summed E-state index contributed by atoms with van der Waals surface area (Å²) in [6.45, 7) is 4.68. The molecule has 0 aliphatic heterocycles. The molecule has 0 aliphatic rings. The van der Waals surface area contributed by atoms with Crippen molar-refractivity contribution in [3.8, 4) is 22.8 Å². The first kappa shape index (κ1) is 30.9. The van der Waals surface area contributed by atoms with Gasteiger partial charge in [-0.2, -0.15) is 9.97 Å². The van der Waals surface area contributed by atoms with Crippen LogP contribution in [0.25, 0.3) is 22.8 Å². The summed E-state index contributed by atoms with van der Waals surface area (Å²) in [7, 11) is 1.54. The first-order chi connectivity index (χ1) is 20.7. The topological polar surface area (TPSA) is 155 Å². The van der Waals surface area contributed by atoms with E-state index in [4.69, 9.17) is 16.4 Å². The fourth-order valence-corrected chi connectivity index (χ4v) is 4.42. The van der Waals surface area contributed by atoms with E-state index < -0.39 is 9.05 Å². The molecule has 0 bridgehead atoms. The molecule has 4 aromatic carbocycles. The summed E-state index contributed by atoms with van der Waals surface area (Å²) in [6.07, 6.45) is 0. The van der Waals surface area contributed by atoms with Gasteiger partial charge in [0.05, 0.1) is 4.90 Å². The van der Waals surface area contributed by atoms with E-state index in [-0.39, 0.29) is 10.8 Å². The Morgan fingerprint density at radius 2 is 1.19 bits per heavy atom. The van der Waals surface area contributed by atoms with Gasteiger partial charge >= 0.3 is 0 Å². The maximum Gasteiger partial charge on any atom is 0.261 e. The Hall–Kier alpha value is -5.00. The molecule has 6 aromatic rings. The monoisotopic (exact) mass is 614 g/mol. The minimum absolute atomic E-state index is 0.143. The predicted octanol–water partition coefficient (Wildman–Crippen LogP) is 6.37. The van der Waals surface area contributed by atoms with Crippen LogP contribution >= 0.6 is 10.7 Å². The molecule has 0 amide bonds. The van der Waals surface area contributed by atoms with Crippen LogP contribution in [0, 0.1) is 13.8 Å². The van der Waals surface area contributed by atoms with Gasteiger partial charge in [-0.05, 0) is 31.5 Å². The number of aromatic amines is 2. The van der Waals surface area contributed by atoms with Crippen molar-refractivity contribution in [1.82, 2.24) is 30.4 Å². The summed E-state index contributed by atoms with van der Waals surface area (Å²) in [5.41, 5.74) is 10.9. The Bertz CT molecular complexity index is 1810. The van der Waals surface area contributed by atoms with Crippen molar-refractivity contribution in [2.75, 3.05) is 11.1 Å². The Kier molecular flexibility index (Phi) is 10.6. The van der Waals surface area contributed by atoms with Gasteiger partial charge in [0.15, 0.2) is 11.6 Å². The second-order valence-corrected chi connectivity index (χ2v) is 11.9. The molecule has 0 atom stereocenters. The highest BCUT2D eigenvalue weighted by Gasteiger charge is 2.07. The third kappa shape index (κ3) is 9.80. The van der Waals surface area contributed by atoms with Gasteiger partial charge in [0.1, 0.15) is 0 Å². The Morgan fingerprint density at radius 3 is 1.67 bits per heavy atom. The van der Waals surface area contributed by atoms with E-state index in [1.807, 2.05) is 67.6 Å². The van der Waals surface area contributed by atoms with Gasteiger partial charge in [0.25, 0.3) is 9.05 Å². The number of halogens is 1. The quantitative estimate of drug-likeness (QED) is 0.158. The second kappa shape index (κ2) is 14.8. The molecule has 10 nitrogen and oxygen atoms in total. The van der Waals surface area contributed by atoms with Crippen LogP contribution in [0.15, 0.2) is 114 Å². The first-order valence-electron chi connectivity index (χ1n) is 13.2. The fraction of sp³-hybridized carbons (Fsp3) is 0.0968. The average molecular weight is 615 g/mol. The zero-order chi connectivity index (χ0) is 30.7. The molecule has 0 aliphatic carbocycles. The van der Waals surface area contributed by atoms with Crippen LogP contribution in [-0.2, 0) is 15.6 Å². The average Bonchev–Trinajstić information content (AvgIpc) is 3.68. The molecular formula is C31H31ClN8O2S. The number of nitrogens with one attached hydrogen (secondary N) is 3. The van der Waals surface area contributed by atoms with E-state index in [0.29, 0.717) is 18.3 Å². The standard InChI is InChI=1S/C16H16N4.C8H8N4.C7H7ClO2S/c1-12-7-9-13(10-8-12)11-17-16-18-15(19-20-16)14-5-3-2-4-6-14;9-8-10-7(11-12-8)6-4-2-1-3-5-6;1-6-2-4-7(5-3-6)11(8,9)10/h2-10H,11H2,1H3,(H2,17,18,19,20);1-5H,(H3,9,10,11,12);2-5H,1H3. The third-order valence-corrected chi connectivity index (χ3v) is 7.33. The third-order valence-electron chi connectivity index (χ3n) is 5.96. The number of aryl methyl sites for hydroxylation is 2. The lowest BCUT2D eigenvalue weighted by Gasteiger charge is -2.02. The largest absolute Gasteiger partial charge is 0.366 e. The Morgan fingerprint density at radius 1 is 0.698 bits per heavy atom. The van der Waals surface area contributed by atoms with E-state index in [1.54, 1.807) is 12.1 Å². The van der Waals surface area contributed by atoms with Gasteiger partial charge in [-0.3, -0.25) is 10.2 Å². The number of hydrogen-bond acceptors (Lipinski definition) is 8. The highest BCUT2D eigenvalue weighted by Crippen LogP contribution is 2.16. The molecule has 0 unspecified atom stereocenters. The molecule has 12 heteroatoms. The highest BCUT2D eigenvalue weighted by molar-refractivity contribution is 8.13. The van der Waals surface area contributed by atoms with E-state index in [9.17, 15) is 8.42 Å². The maximum absolute atomic E-state index is 10.7. The minimum atomic E-state index is -3.55. The zero-order valence-electron chi connectivity index (χ0n) is 23.6. The SMILES string of the molecule is Cc1ccc(CNc2n[nH]c(-c3ccccc3)n2)cc1.Cc1ccc(S(=O)(=O)Cl)cc1.Nc1n[nH]c(-c2ccccc2)n1. The number of nitrogen functional groups attached to an aromatic ring is 1. The summed E-state index contributed by atoms with van der Waals surface area (Å²) < 4.78 is 21.4. The summed E-state index contributed by atoms with van der Waals surface area (Å²) in [5, 5.41) is 16.8. The van der Waals surface area contributed by atoms with E-state index in [1.165, 1.54) is 23.3 Å². The molecular weight excluding hydrogens is 584 g/mol. The van der Waals surface area contributed by atoms with Crippen molar-refractivity contribution in [2.24, 2.45) is 0 Å². The molecule has 0 fully saturated rings. The fourth-order valence-electron chi connectivity index (χ4n) is 3.65. The maximum atomic E-state index is 10.7. The molecule has 0 radical (unpaired) electrons. The van der Waals surface area contributed by atoms with Crippen LogP contribution in [0.5, 0.6) is 0 Å². The predicted molar refractivity (Wildman–Crippen MR) is 171 cm³/mol. The molecule has 2 heterocycles. The van der Waals surface area contributed by atoms with Crippen LogP contribution in [-0.4, -0.2) is 38.8 Å². The Balaban J connectivity index is 0.000000158. The van der Waals surface area contributed by atoms with E-state index >= 15 is 0 Å². The molecule has 6 rings (SSSR count). The van der Waals surface area contributed by atoms with Gasteiger partial charge in [-0.1, -0.05) is 108 Å². The van der Waals surface area contributed by atoms with Crippen molar-refractivity contribution >= 4 is 31.6 Å². The van der Waals surface area contributed by atoms with Crippen molar-refractivity contribution in [2.45, 2.75) is 25.3 Å². The van der Waals surface area contributed by atoms with E-state index in [2.05, 4.69) is 66.9 Å². The van der Waals surface area contributed by atoms with Gasteiger partial charge in [0, 0.05) is 28.4 Å². The van der Waals surface area contributed by atoms with Crippen LogP contribution < -0.4 is 11.1 Å². The number of aromatic nitrogens is 6. The van der Waals surface area contributed by atoms with Crippen molar-refractivity contribution in [3.63, 3.8) is 0 Å². The summed E-state index contributed by atoms with van der Waals surface area (Å²) in [4.78, 5) is 8.57. The van der Waals surface area contributed by atoms with E-state index in [0.717, 1.165) is 22.5 Å². The van der Waals surface area contributed by atoms with Crippen LogP contribution in [0.2, 0.25) is 0 Å². The van der Waals surface area contributed by atoms with Crippen molar-refractivity contribution in [1.29, 1.82) is 0 Å². The number of nitrogens with zero attached hydrogens (tertiary/aromatic N) is 4. The molecule has 220 valence electrons. The molecule has 43 heavy (non-hydrogen) atoms. The molecule has 5 N–H and O–H groups in total. The number of benzene rings is 4.